The van der Waals surface area contributed by atoms with Gasteiger partial charge in [0, 0.05) is 17.3 Å². The summed E-state index contributed by atoms with van der Waals surface area (Å²) in [6, 6.07) is 9.06. The molecule has 104 valence electrons. The summed E-state index contributed by atoms with van der Waals surface area (Å²) in [5, 5.41) is 9.33. The molecule has 0 spiro atoms. The van der Waals surface area contributed by atoms with E-state index in [4.69, 9.17) is 16.9 Å². The van der Waals surface area contributed by atoms with Crippen LogP contribution in [-0.4, -0.2) is 36.3 Å². The molecule has 2 rings (SSSR count). The zero-order valence-electron chi connectivity index (χ0n) is 11.0. The van der Waals surface area contributed by atoms with Crippen LogP contribution < -0.4 is 4.90 Å². The molecule has 1 aliphatic rings. The van der Waals surface area contributed by atoms with E-state index in [1.165, 1.54) is 0 Å². The SMILES string of the molecule is CC(C#N)CN1C(=O)CN(c2cccc(Cl)c2)CC1=O. The second kappa shape index (κ2) is 5.93. The standard InChI is InChI=1S/C14H14ClN3O2/c1-10(6-16)7-18-13(19)8-17(9-14(18)20)12-4-2-3-11(15)5-12/h2-5,10H,7-9H2,1H3. The number of carbonyl (C=O) groups is 2. The maximum atomic E-state index is 12.0. The van der Waals surface area contributed by atoms with Crippen molar-refractivity contribution in [1.82, 2.24) is 4.90 Å². The lowest BCUT2D eigenvalue weighted by atomic mass is 10.1. The van der Waals surface area contributed by atoms with Crippen molar-refractivity contribution in [3.63, 3.8) is 0 Å². The second-order valence-corrected chi connectivity index (χ2v) is 5.20. The molecule has 1 fully saturated rings. The molecule has 1 saturated heterocycles. The Morgan fingerprint density at radius 1 is 1.35 bits per heavy atom. The van der Waals surface area contributed by atoms with E-state index in [0.29, 0.717) is 5.02 Å². The predicted octanol–water partition coefficient (Wildman–Crippen LogP) is 1.67. The van der Waals surface area contributed by atoms with Crippen molar-refractivity contribution in [2.75, 3.05) is 24.5 Å². The molecule has 0 aromatic heterocycles. The summed E-state index contributed by atoms with van der Waals surface area (Å²) in [4.78, 5) is 26.9. The predicted molar refractivity (Wildman–Crippen MR) is 75.2 cm³/mol. The normalized spacial score (nSPS) is 17.1. The van der Waals surface area contributed by atoms with E-state index in [1.54, 1.807) is 36.1 Å². The Morgan fingerprint density at radius 3 is 2.55 bits per heavy atom. The molecule has 2 amide bonds. The maximum Gasteiger partial charge on any atom is 0.248 e. The molecule has 1 aliphatic heterocycles. The highest BCUT2D eigenvalue weighted by molar-refractivity contribution is 6.30. The zero-order valence-corrected chi connectivity index (χ0v) is 11.8. The van der Waals surface area contributed by atoms with E-state index in [0.717, 1.165) is 10.6 Å². The van der Waals surface area contributed by atoms with Crippen LogP contribution in [0.4, 0.5) is 5.69 Å². The van der Waals surface area contributed by atoms with Crippen LogP contribution in [-0.2, 0) is 9.59 Å². The van der Waals surface area contributed by atoms with Crippen LogP contribution in [0.5, 0.6) is 0 Å². The number of amides is 2. The van der Waals surface area contributed by atoms with Gasteiger partial charge in [0.1, 0.15) is 0 Å². The Bertz CT molecular complexity index is 564. The maximum absolute atomic E-state index is 12.0. The fraction of sp³-hybridized carbons (Fsp3) is 0.357. The molecule has 0 radical (unpaired) electrons. The number of rotatable bonds is 3. The van der Waals surface area contributed by atoms with Crippen molar-refractivity contribution >= 4 is 29.1 Å². The monoisotopic (exact) mass is 291 g/mol. The average Bonchev–Trinajstić information content (AvgIpc) is 2.42. The van der Waals surface area contributed by atoms with Crippen LogP contribution in [0.2, 0.25) is 5.02 Å². The van der Waals surface area contributed by atoms with Crippen LogP contribution in [0.1, 0.15) is 6.92 Å². The molecule has 5 nitrogen and oxygen atoms in total. The van der Waals surface area contributed by atoms with Crippen molar-refractivity contribution < 1.29 is 9.59 Å². The van der Waals surface area contributed by atoms with Gasteiger partial charge >= 0.3 is 0 Å². The molecule has 1 atom stereocenters. The van der Waals surface area contributed by atoms with Gasteiger partial charge in [-0.05, 0) is 25.1 Å². The number of nitrogens with zero attached hydrogens (tertiary/aromatic N) is 3. The molecular weight excluding hydrogens is 278 g/mol. The first kappa shape index (κ1) is 14.4. The van der Waals surface area contributed by atoms with Gasteiger partial charge in [0.25, 0.3) is 0 Å². The van der Waals surface area contributed by atoms with Gasteiger partial charge in [-0.1, -0.05) is 17.7 Å². The van der Waals surface area contributed by atoms with E-state index < -0.39 is 0 Å². The van der Waals surface area contributed by atoms with E-state index >= 15 is 0 Å². The highest BCUT2D eigenvalue weighted by Crippen LogP contribution is 2.21. The topological polar surface area (TPSA) is 64.4 Å². The fourth-order valence-electron chi connectivity index (χ4n) is 2.07. The third-order valence-corrected chi connectivity index (χ3v) is 3.34. The van der Waals surface area contributed by atoms with Crippen LogP contribution in [0, 0.1) is 17.2 Å². The highest BCUT2D eigenvalue weighted by atomic mass is 35.5. The molecule has 1 aromatic carbocycles. The number of carbonyl (C=O) groups excluding carboxylic acids is 2. The van der Waals surface area contributed by atoms with Gasteiger partial charge in [-0.15, -0.1) is 0 Å². The number of benzene rings is 1. The van der Waals surface area contributed by atoms with Gasteiger partial charge in [0.05, 0.1) is 25.1 Å². The Balaban J connectivity index is 2.12. The minimum atomic E-state index is -0.361. The molecule has 0 bridgehead atoms. The molecule has 20 heavy (non-hydrogen) atoms. The van der Waals surface area contributed by atoms with E-state index in [2.05, 4.69) is 0 Å². The number of hydrogen-bond donors (Lipinski definition) is 0. The zero-order chi connectivity index (χ0) is 14.7. The summed E-state index contributed by atoms with van der Waals surface area (Å²) in [7, 11) is 0. The van der Waals surface area contributed by atoms with Crippen LogP contribution in [0.3, 0.4) is 0 Å². The molecule has 0 saturated carbocycles. The van der Waals surface area contributed by atoms with Crippen LogP contribution >= 0.6 is 11.6 Å². The molecule has 0 N–H and O–H groups in total. The summed E-state index contributed by atoms with van der Waals surface area (Å²) in [6.07, 6.45) is 0. The quantitative estimate of drug-likeness (QED) is 0.795. The second-order valence-electron chi connectivity index (χ2n) is 4.76. The van der Waals surface area contributed by atoms with Gasteiger partial charge in [-0.2, -0.15) is 5.26 Å². The van der Waals surface area contributed by atoms with Crippen LogP contribution in [0.25, 0.3) is 0 Å². The van der Waals surface area contributed by atoms with Gasteiger partial charge in [0.2, 0.25) is 11.8 Å². The van der Waals surface area contributed by atoms with Gasteiger partial charge in [-0.3, -0.25) is 14.5 Å². The summed E-state index contributed by atoms with van der Waals surface area (Å²) in [6.45, 7) is 2.07. The Hall–Kier alpha value is -2.06. The number of anilines is 1. The smallest absolute Gasteiger partial charge is 0.248 e. The number of halogens is 1. The minimum absolute atomic E-state index is 0.115. The van der Waals surface area contributed by atoms with E-state index in [1.807, 2.05) is 6.07 Å². The first-order valence-electron chi connectivity index (χ1n) is 6.24. The number of hydrogen-bond acceptors (Lipinski definition) is 4. The van der Waals surface area contributed by atoms with E-state index in [-0.39, 0.29) is 37.4 Å². The third-order valence-electron chi connectivity index (χ3n) is 3.10. The van der Waals surface area contributed by atoms with Crippen molar-refractivity contribution in [2.24, 2.45) is 5.92 Å². The van der Waals surface area contributed by atoms with Crippen molar-refractivity contribution in [3.05, 3.63) is 29.3 Å². The lowest BCUT2D eigenvalue weighted by molar-refractivity contribution is -0.145. The first-order valence-corrected chi connectivity index (χ1v) is 6.62. The average molecular weight is 292 g/mol. The Kier molecular flexibility index (Phi) is 4.26. The largest absolute Gasteiger partial charge is 0.353 e. The Morgan fingerprint density at radius 2 is 2.00 bits per heavy atom. The highest BCUT2D eigenvalue weighted by Gasteiger charge is 2.31. The van der Waals surface area contributed by atoms with Gasteiger partial charge in [0.15, 0.2) is 0 Å². The molecule has 1 aromatic rings. The summed E-state index contributed by atoms with van der Waals surface area (Å²) < 4.78 is 0. The molecule has 6 heteroatoms. The summed E-state index contributed by atoms with van der Waals surface area (Å²) >= 11 is 5.91. The number of imide groups is 1. The molecule has 1 unspecified atom stereocenters. The number of nitriles is 1. The minimum Gasteiger partial charge on any atom is -0.353 e. The molecule has 1 heterocycles. The van der Waals surface area contributed by atoms with Gasteiger partial charge < -0.3 is 4.90 Å². The van der Waals surface area contributed by atoms with Crippen molar-refractivity contribution in [3.8, 4) is 6.07 Å². The fourth-order valence-corrected chi connectivity index (χ4v) is 2.25. The van der Waals surface area contributed by atoms with Crippen LogP contribution in [0.15, 0.2) is 24.3 Å². The lowest BCUT2D eigenvalue weighted by Gasteiger charge is -2.34. The lowest BCUT2D eigenvalue weighted by Crippen LogP contribution is -2.55. The Labute approximate surface area is 122 Å². The molecular formula is C14H14ClN3O2. The summed E-state index contributed by atoms with van der Waals surface area (Å²) in [5.74, 6) is -0.938. The van der Waals surface area contributed by atoms with Gasteiger partial charge in [-0.25, -0.2) is 0 Å². The van der Waals surface area contributed by atoms with Crippen molar-refractivity contribution in [2.45, 2.75) is 6.92 Å². The number of piperazine rings is 1. The van der Waals surface area contributed by atoms with Crippen molar-refractivity contribution in [1.29, 1.82) is 5.26 Å². The third kappa shape index (κ3) is 3.09. The molecule has 0 aliphatic carbocycles. The first-order chi connectivity index (χ1) is 9.51. The summed E-state index contributed by atoms with van der Waals surface area (Å²) in [5.41, 5.74) is 0.743. The van der Waals surface area contributed by atoms with E-state index in [9.17, 15) is 9.59 Å².